The standard InChI is InChI=1S/C36H70NO7P/c1-3-5-7-9-10-11-12-13-14-15-16-17-18-19-20-21-22-23-24-25-26-28-31-41-33-35(34-43-45(39,40)42-32-30-37)44-36(38)29-27-8-6-4-2/h12-13,15-16,35H,3-11,14,17-34,37H2,1-2H3,(H,39,40)/b13-12-,16-15-. The third kappa shape index (κ3) is 34.1. The Hall–Kier alpha value is -1.02. The van der Waals surface area contributed by atoms with E-state index in [0.29, 0.717) is 13.0 Å². The van der Waals surface area contributed by atoms with Crippen molar-refractivity contribution in [3.05, 3.63) is 24.3 Å². The van der Waals surface area contributed by atoms with Crippen molar-refractivity contribution >= 4 is 13.8 Å². The number of hydrogen-bond donors (Lipinski definition) is 2. The molecule has 0 fully saturated rings. The fourth-order valence-corrected chi connectivity index (χ4v) is 5.67. The Labute approximate surface area is 276 Å². The quantitative estimate of drug-likeness (QED) is 0.0299. The first kappa shape index (κ1) is 44.0. The number of phosphoric acid groups is 1. The fourth-order valence-electron chi connectivity index (χ4n) is 4.91. The Morgan fingerprint density at radius 3 is 1.73 bits per heavy atom. The number of nitrogens with two attached hydrogens (primary N) is 1. The number of carbonyl (C=O) groups is 1. The highest BCUT2D eigenvalue weighted by molar-refractivity contribution is 7.47. The minimum absolute atomic E-state index is 0.0954. The molecule has 45 heavy (non-hydrogen) atoms. The average molecular weight is 660 g/mol. The monoisotopic (exact) mass is 659 g/mol. The van der Waals surface area contributed by atoms with Crippen LogP contribution in [0.5, 0.6) is 0 Å². The molecule has 0 aromatic carbocycles. The lowest BCUT2D eigenvalue weighted by Gasteiger charge is -2.20. The number of phosphoric ester groups is 1. The van der Waals surface area contributed by atoms with Gasteiger partial charge < -0.3 is 20.1 Å². The largest absolute Gasteiger partial charge is 0.472 e. The van der Waals surface area contributed by atoms with Gasteiger partial charge in [-0.25, -0.2) is 4.57 Å². The predicted octanol–water partition coefficient (Wildman–Crippen LogP) is 10.1. The van der Waals surface area contributed by atoms with Crippen molar-refractivity contribution < 1.29 is 32.8 Å². The van der Waals surface area contributed by atoms with E-state index in [-0.39, 0.29) is 32.3 Å². The summed E-state index contributed by atoms with van der Waals surface area (Å²) in [6, 6.07) is 0. The summed E-state index contributed by atoms with van der Waals surface area (Å²) >= 11 is 0. The summed E-state index contributed by atoms with van der Waals surface area (Å²) < 4.78 is 32.9. The van der Waals surface area contributed by atoms with Gasteiger partial charge in [-0.1, -0.05) is 134 Å². The van der Waals surface area contributed by atoms with Crippen LogP contribution in [0.25, 0.3) is 0 Å². The third-order valence-corrected chi connectivity index (χ3v) is 8.61. The second-order valence-electron chi connectivity index (χ2n) is 12.1. The van der Waals surface area contributed by atoms with E-state index in [0.717, 1.165) is 44.9 Å². The molecular weight excluding hydrogens is 589 g/mol. The highest BCUT2D eigenvalue weighted by atomic mass is 31.2. The lowest BCUT2D eigenvalue weighted by Crippen LogP contribution is -2.28. The van der Waals surface area contributed by atoms with Crippen molar-refractivity contribution in [2.45, 2.75) is 168 Å². The van der Waals surface area contributed by atoms with Crippen LogP contribution >= 0.6 is 7.82 Å². The topological polar surface area (TPSA) is 117 Å². The lowest BCUT2D eigenvalue weighted by atomic mass is 10.1. The maximum absolute atomic E-state index is 12.2. The summed E-state index contributed by atoms with van der Waals surface area (Å²) in [6.07, 6.45) is 35.4. The molecule has 9 heteroatoms. The zero-order valence-corrected chi connectivity index (χ0v) is 30.0. The van der Waals surface area contributed by atoms with Crippen molar-refractivity contribution in [2.24, 2.45) is 5.73 Å². The van der Waals surface area contributed by atoms with Crippen molar-refractivity contribution in [3.8, 4) is 0 Å². The van der Waals surface area contributed by atoms with Crippen LogP contribution in [0.2, 0.25) is 0 Å². The van der Waals surface area contributed by atoms with Gasteiger partial charge in [0.1, 0.15) is 6.10 Å². The normalized spacial score (nSPS) is 14.0. The SMILES string of the molecule is CCCCCCC/C=C\C/C=C\CCCCCCCCCCCCOCC(COP(=O)(O)OCCN)OC(=O)CCCCCC. The molecule has 0 aliphatic carbocycles. The van der Waals surface area contributed by atoms with Crippen LogP contribution in [0.4, 0.5) is 0 Å². The van der Waals surface area contributed by atoms with Gasteiger partial charge in [-0.15, -0.1) is 0 Å². The second kappa shape index (κ2) is 34.3. The van der Waals surface area contributed by atoms with Gasteiger partial charge in [-0.3, -0.25) is 13.8 Å². The zero-order chi connectivity index (χ0) is 33.1. The highest BCUT2D eigenvalue weighted by Crippen LogP contribution is 2.43. The molecule has 0 saturated carbocycles. The summed E-state index contributed by atoms with van der Waals surface area (Å²) in [5.41, 5.74) is 5.32. The minimum Gasteiger partial charge on any atom is -0.457 e. The van der Waals surface area contributed by atoms with E-state index >= 15 is 0 Å². The molecule has 0 spiro atoms. The van der Waals surface area contributed by atoms with Crippen molar-refractivity contribution in [2.75, 3.05) is 33.0 Å². The van der Waals surface area contributed by atoms with Crippen LogP contribution in [0.15, 0.2) is 24.3 Å². The smallest absolute Gasteiger partial charge is 0.457 e. The number of esters is 1. The summed E-state index contributed by atoms with van der Waals surface area (Å²) in [4.78, 5) is 22.0. The Bertz CT molecular complexity index is 747. The molecule has 0 aromatic rings. The first-order valence-electron chi connectivity index (χ1n) is 18.3. The first-order valence-corrected chi connectivity index (χ1v) is 19.8. The second-order valence-corrected chi connectivity index (χ2v) is 13.5. The number of ether oxygens (including phenoxy) is 2. The number of allylic oxidation sites excluding steroid dienone is 4. The Balaban J connectivity index is 3.81. The van der Waals surface area contributed by atoms with Crippen molar-refractivity contribution in [3.63, 3.8) is 0 Å². The van der Waals surface area contributed by atoms with E-state index in [4.69, 9.17) is 24.3 Å². The van der Waals surface area contributed by atoms with Crippen LogP contribution in [-0.2, 0) is 27.9 Å². The summed E-state index contributed by atoms with van der Waals surface area (Å²) in [6.45, 7) is 4.78. The number of unbranched alkanes of at least 4 members (excludes halogenated alkanes) is 18. The van der Waals surface area contributed by atoms with Crippen LogP contribution in [0, 0.1) is 0 Å². The summed E-state index contributed by atoms with van der Waals surface area (Å²) in [5, 5.41) is 0. The molecule has 3 N–H and O–H groups in total. The maximum Gasteiger partial charge on any atom is 0.472 e. The van der Waals surface area contributed by atoms with E-state index in [9.17, 15) is 14.3 Å². The lowest BCUT2D eigenvalue weighted by molar-refractivity contribution is -0.154. The van der Waals surface area contributed by atoms with Gasteiger partial charge >= 0.3 is 13.8 Å². The molecule has 0 aliphatic rings. The third-order valence-electron chi connectivity index (χ3n) is 7.62. The zero-order valence-electron chi connectivity index (χ0n) is 29.1. The van der Waals surface area contributed by atoms with E-state index in [1.807, 2.05) is 0 Å². The molecule has 0 heterocycles. The molecule has 0 aliphatic heterocycles. The molecule has 0 radical (unpaired) electrons. The molecule has 0 rings (SSSR count). The van der Waals surface area contributed by atoms with Gasteiger partial charge in [0.05, 0.1) is 19.8 Å². The van der Waals surface area contributed by atoms with Gasteiger partial charge in [0.25, 0.3) is 0 Å². The van der Waals surface area contributed by atoms with E-state index in [1.165, 1.54) is 96.3 Å². The van der Waals surface area contributed by atoms with Crippen LogP contribution in [-0.4, -0.2) is 49.9 Å². The molecular formula is C36H70NO7P. The van der Waals surface area contributed by atoms with E-state index < -0.39 is 13.9 Å². The highest BCUT2D eigenvalue weighted by Gasteiger charge is 2.25. The molecule has 0 aromatic heterocycles. The number of rotatable bonds is 35. The van der Waals surface area contributed by atoms with Crippen molar-refractivity contribution in [1.29, 1.82) is 0 Å². The Morgan fingerprint density at radius 2 is 1.18 bits per heavy atom. The number of hydrogen-bond acceptors (Lipinski definition) is 7. The van der Waals surface area contributed by atoms with Crippen LogP contribution in [0.1, 0.15) is 162 Å². The molecule has 0 amide bonds. The molecule has 8 nitrogen and oxygen atoms in total. The number of carbonyl (C=O) groups excluding carboxylic acids is 1. The summed E-state index contributed by atoms with van der Waals surface area (Å²) in [5.74, 6) is -0.349. The molecule has 0 saturated heterocycles. The first-order chi connectivity index (χ1) is 21.9. The van der Waals surface area contributed by atoms with Gasteiger partial charge in [-0.05, 0) is 44.9 Å². The van der Waals surface area contributed by atoms with Crippen LogP contribution < -0.4 is 5.73 Å². The van der Waals surface area contributed by atoms with Gasteiger partial charge in [0.2, 0.25) is 0 Å². The van der Waals surface area contributed by atoms with E-state index in [1.54, 1.807) is 0 Å². The Kier molecular flexibility index (Phi) is 33.5. The van der Waals surface area contributed by atoms with Gasteiger partial charge in [-0.2, -0.15) is 0 Å². The van der Waals surface area contributed by atoms with Crippen molar-refractivity contribution in [1.82, 2.24) is 0 Å². The van der Waals surface area contributed by atoms with Gasteiger partial charge in [0.15, 0.2) is 0 Å². The average Bonchev–Trinajstić information content (AvgIpc) is 3.03. The molecule has 0 bridgehead atoms. The van der Waals surface area contributed by atoms with E-state index in [2.05, 4.69) is 38.2 Å². The maximum atomic E-state index is 12.2. The molecule has 2 atom stereocenters. The predicted molar refractivity (Wildman–Crippen MR) is 187 cm³/mol. The minimum atomic E-state index is -4.25. The molecule has 2 unspecified atom stereocenters. The summed E-state index contributed by atoms with van der Waals surface area (Å²) in [7, 11) is -4.25. The van der Waals surface area contributed by atoms with Crippen LogP contribution in [0.3, 0.4) is 0 Å². The fraction of sp³-hybridized carbons (Fsp3) is 0.861. The molecule has 266 valence electrons. The Morgan fingerprint density at radius 1 is 0.667 bits per heavy atom. The van der Waals surface area contributed by atoms with Gasteiger partial charge in [0, 0.05) is 19.6 Å².